The van der Waals surface area contributed by atoms with Crippen molar-refractivity contribution >= 4 is 16.9 Å². The number of carbonyl (C=O) groups excluding carboxylic acids is 1. The highest BCUT2D eigenvalue weighted by Crippen LogP contribution is 2.28. The van der Waals surface area contributed by atoms with Crippen LogP contribution in [0.1, 0.15) is 36.1 Å². The fraction of sp³-hybridized carbons (Fsp3) is 0.364. The molecule has 1 N–H and O–H groups in total. The summed E-state index contributed by atoms with van der Waals surface area (Å²) in [5.41, 5.74) is 2.41. The molecule has 7 nitrogen and oxygen atoms in total. The minimum absolute atomic E-state index is 0.207. The normalized spacial score (nSPS) is 12.0. The van der Waals surface area contributed by atoms with Crippen molar-refractivity contribution in [1.82, 2.24) is 14.9 Å². The van der Waals surface area contributed by atoms with Crippen LogP contribution in [0.5, 0.6) is 11.5 Å². The molecule has 0 aliphatic carbocycles. The molecule has 0 bridgehead atoms. The summed E-state index contributed by atoms with van der Waals surface area (Å²) in [4.78, 5) is 17.6. The Morgan fingerprint density at radius 1 is 1.14 bits per heavy atom. The fourth-order valence-electron chi connectivity index (χ4n) is 3.28. The van der Waals surface area contributed by atoms with Gasteiger partial charge in [-0.3, -0.25) is 4.79 Å². The van der Waals surface area contributed by atoms with Crippen LogP contribution in [0.2, 0.25) is 0 Å². The van der Waals surface area contributed by atoms with Gasteiger partial charge in [-0.15, -0.1) is 0 Å². The van der Waals surface area contributed by atoms with Gasteiger partial charge in [0.05, 0.1) is 37.9 Å². The van der Waals surface area contributed by atoms with Gasteiger partial charge in [0.2, 0.25) is 0 Å². The van der Waals surface area contributed by atoms with E-state index in [1.165, 1.54) is 0 Å². The molecule has 0 spiro atoms. The van der Waals surface area contributed by atoms with E-state index >= 15 is 0 Å². The van der Waals surface area contributed by atoms with E-state index in [1.807, 2.05) is 38.1 Å². The van der Waals surface area contributed by atoms with Gasteiger partial charge in [0, 0.05) is 18.7 Å². The smallest absolute Gasteiger partial charge is 0.251 e. The Morgan fingerprint density at radius 2 is 1.90 bits per heavy atom. The van der Waals surface area contributed by atoms with Crippen LogP contribution < -0.4 is 14.8 Å². The van der Waals surface area contributed by atoms with E-state index in [1.54, 1.807) is 32.4 Å². The highest BCUT2D eigenvalue weighted by molar-refractivity contribution is 5.95. The first kappa shape index (κ1) is 20.7. The number of carbonyl (C=O) groups is 1. The molecule has 0 radical (unpaired) electrons. The van der Waals surface area contributed by atoms with E-state index in [-0.39, 0.29) is 11.9 Å². The predicted octanol–water partition coefficient (Wildman–Crippen LogP) is 3.58. The molecular formula is C22H27N3O4. The second kappa shape index (κ2) is 9.43. The van der Waals surface area contributed by atoms with Crippen molar-refractivity contribution < 1.29 is 19.0 Å². The SMILES string of the molecule is CCOCCn1c(C(C)NC(=O)c2ccc(OC)c(OC)c2)nc2ccccc21. The lowest BCUT2D eigenvalue weighted by Crippen LogP contribution is -2.29. The number of aromatic nitrogens is 2. The summed E-state index contributed by atoms with van der Waals surface area (Å²) >= 11 is 0. The van der Waals surface area contributed by atoms with Crippen molar-refractivity contribution in [1.29, 1.82) is 0 Å². The maximum absolute atomic E-state index is 12.8. The second-order valence-electron chi connectivity index (χ2n) is 6.57. The molecule has 0 fully saturated rings. The molecule has 1 aromatic heterocycles. The number of nitrogens with one attached hydrogen (secondary N) is 1. The number of rotatable bonds is 9. The minimum Gasteiger partial charge on any atom is -0.493 e. The molecule has 0 aliphatic rings. The van der Waals surface area contributed by atoms with Gasteiger partial charge in [-0.1, -0.05) is 12.1 Å². The van der Waals surface area contributed by atoms with E-state index in [9.17, 15) is 4.79 Å². The molecular weight excluding hydrogens is 370 g/mol. The van der Waals surface area contributed by atoms with E-state index in [0.29, 0.717) is 36.8 Å². The van der Waals surface area contributed by atoms with Gasteiger partial charge in [-0.2, -0.15) is 0 Å². The summed E-state index contributed by atoms with van der Waals surface area (Å²) in [6.45, 7) is 5.81. The standard InChI is InChI=1S/C22H27N3O4/c1-5-29-13-12-25-18-9-7-6-8-17(18)24-21(25)15(2)23-22(26)16-10-11-19(27-3)20(14-16)28-4/h6-11,14-15H,5,12-13H2,1-4H3,(H,23,26). The van der Waals surface area contributed by atoms with Gasteiger partial charge in [0.15, 0.2) is 11.5 Å². The van der Waals surface area contributed by atoms with Crippen LogP contribution >= 0.6 is 0 Å². The summed E-state index contributed by atoms with van der Waals surface area (Å²) in [5.74, 6) is 1.67. The first-order valence-electron chi connectivity index (χ1n) is 9.64. The molecule has 3 rings (SSSR count). The van der Waals surface area contributed by atoms with E-state index < -0.39 is 0 Å². The van der Waals surface area contributed by atoms with Crippen molar-refractivity contribution in [3.8, 4) is 11.5 Å². The third-order valence-electron chi connectivity index (χ3n) is 4.73. The second-order valence-corrected chi connectivity index (χ2v) is 6.57. The number of hydrogen-bond acceptors (Lipinski definition) is 5. The largest absolute Gasteiger partial charge is 0.493 e. The third-order valence-corrected chi connectivity index (χ3v) is 4.73. The van der Waals surface area contributed by atoms with Crippen molar-refractivity contribution in [2.45, 2.75) is 26.4 Å². The van der Waals surface area contributed by atoms with E-state index in [0.717, 1.165) is 16.9 Å². The molecule has 3 aromatic rings. The van der Waals surface area contributed by atoms with Crippen molar-refractivity contribution in [3.63, 3.8) is 0 Å². The Kier molecular flexibility index (Phi) is 6.72. The van der Waals surface area contributed by atoms with Gasteiger partial charge in [0.1, 0.15) is 5.82 Å². The Balaban J connectivity index is 1.84. The number of hydrogen-bond donors (Lipinski definition) is 1. The molecule has 29 heavy (non-hydrogen) atoms. The number of benzene rings is 2. The molecule has 7 heteroatoms. The molecule has 0 saturated carbocycles. The molecule has 1 atom stereocenters. The zero-order chi connectivity index (χ0) is 20.8. The summed E-state index contributed by atoms with van der Waals surface area (Å²) in [6.07, 6.45) is 0. The van der Waals surface area contributed by atoms with Crippen molar-refractivity contribution in [2.24, 2.45) is 0 Å². The number of imidazole rings is 1. The van der Waals surface area contributed by atoms with Crippen molar-refractivity contribution in [2.75, 3.05) is 27.4 Å². The predicted molar refractivity (Wildman–Crippen MR) is 112 cm³/mol. The molecule has 1 unspecified atom stereocenters. The number of para-hydroxylation sites is 2. The maximum atomic E-state index is 12.8. The average molecular weight is 397 g/mol. The highest BCUT2D eigenvalue weighted by atomic mass is 16.5. The number of nitrogens with zero attached hydrogens (tertiary/aromatic N) is 2. The molecule has 1 heterocycles. The molecule has 0 aliphatic heterocycles. The number of amides is 1. The van der Waals surface area contributed by atoms with Crippen LogP contribution in [0.25, 0.3) is 11.0 Å². The van der Waals surface area contributed by atoms with Crippen LogP contribution in [0, 0.1) is 0 Å². The van der Waals surface area contributed by atoms with Gasteiger partial charge in [0.25, 0.3) is 5.91 Å². The lowest BCUT2D eigenvalue weighted by Gasteiger charge is -2.17. The van der Waals surface area contributed by atoms with Crippen LogP contribution in [0.15, 0.2) is 42.5 Å². The summed E-state index contributed by atoms with van der Waals surface area (Å²) in [6, 6.07) is 12.7. The Bertz CT molecular complexity index is 983. The van der Waals surface area contributed by atoms with Crippen LogP contribution in [-0.4, -0.2) is 42.9 Å². The Labute approximate surface area is 170 Å². The molecule has 1 amide bonds. The Morgan fingerprint density at radius 3 is 2.62 bits per heavy atom. The average Bonchev–Trinajstić information content (AvgIpc) is 3.12. The molecule has 2 aromatic carbocycles. The zero-order valence-corrected chi connectivity index (χ0v) is 17.3. The quantitative estimate of drug-likeness (QED) is 0.559. The van der Waals surface area contributed by atoms with Crippen LogP contribution in [0.4, 0.5) is 0 Å². The number of fused-ring (bicyclic) bond motifs is 1. The molecule has 154 valence electrons. The Hall–Kier alpha value is -3.06. The van der Waals surface area contributed by atoms with Crippen LogP contribution in [0.3, 0.4) is 0 Å². The lowest BCUT2D eigenvalue weighted by atomic mass is 10.1. The number of ether oxygens (including phenoxy) is 3. The van der Waals surface area contributed by atoms with Gasteiger partial charge < -0.3 is 24.1 Å². The topological polar surface area (TPSA) is 74.6 Å². The van der Waals surface area contributed by atoms with E-state index in [2.05, 4.69) is 9.88 Å². The summed E-state index contributed by atoms with van der Waals surface area (Å²) < 4.78 is 18.2. The van der Waals surface area contributed by atoms with Crippen molar-refractivity contribution in [3.05, 3.63) is 53.9 Å². The first-order chi connectivity index (χ1) is 14.1. The van der Waals surface area contributed by atoms with Gasteiger partial charge in [-0.05, 0) is 44.2 Å². The summed E-state index contributed by atoms with van der Waals surface area (Å²) in [7, 11) is 3.11. The van der Waals surface area contributed by atoms with E-state index in [4.69, 9.17) is 19.2 Å². The first-order valence-corrected chi connectivity index (χ1v) is 9.64. The lowest BCUT2D eigenvalue weighted by molar-refractivity contribution is 0.0936. The fourth-order valence-corrected chi connectivity index (χ4v) is 3.28. The third kappa shape index (κ3) is 4.51. The van der Waals surface area contributed by atoms with Crippen LogP contribution in [-0.2, 0) is 11.3 Å². The van der Waals surface area contributed by atoms with Gasteiger partial charge >= 0.3 is 0 Å². The monoisotopic (exact) mass is 397 g/mol. The zero-order valence-electron chi connectivity index (χ0n) is 17.3. The highest BCUT2D eigenvalue weighted by Gasteiger charge is 2.20. The van der Waals surface area contributed by atoms with Gasteiger partial charge in [-0.25, -0.2) is 4.98 Å². The minimum atomic E-state index is -0.287. The summed E-state index contributed by atoms with van der Waals surface area (Å²) in [5, 5.41) is 3.03. The maximum Gasteiger partial charge on any atom is 0.251 e. The number of methoxy groups -OCH3 is 2. The molecule has 0 saturated heterocycles.